The van der Waals surface area contributed by atoms with Crippen molar-refractivity contribution < 1.29 is 4.84 Å². The summed E-state index contributed by atoms with van der Waals surface area (Å²) in [5.41, 5.74) is 2.42. The zero-order valence-electron chi connectivity index (χ0n) is 10.4. The van der Waals surface area contributed by atoms with Gasteiger partial charge in [0.1, 0.15) is 5.76 Å². The summed E-state index contributed by atoms with van der Waals surface area (Å²) in [6.45, 7) is 2.15. The fourth-order valence-electron chi connectivity index (χ4n) is 1.94. The number of hydrogen-bond acceptors (Lipinski definition) is 2. The van der Waals surface area contributed by atoms with Gasteiger partial charge in [0.2, 0.25) is 0 Å². The molecule has 1 aromatic rings. The molecule has 0 spiro atoms. The first-order valence-corrected chi connectivity index (χ1v) is 6.37. The Kier molecular flexibility index (Phi) is 4.37. The predicted octanol–water partition coefficient (Wildman–Crippen LogP) is 4.06. The monoisotopic (exact) mass is 229 g/mol. The smallest absolute Gasteiger partial charge is 0.131 e. The summed E-state index contributed by atoms with van der Waals surface area (Å²) in [5.74, 6) is 1.01. The van der Waals surface area contributed by atoms with Crippen LogP contribution in [0.4, 0.5) is 0 Å². The summed E-state index contributed by atoms with van der Waals surface area (Å²) in [6.07, 6.45) is 9.61. The Morgan fingerprint density at radius 1 is 1.35 bits per heavy atom. The Balaban J connectivity index is 1.93. The van der Waals surface area contributed by atoms with Gasteiger partial charge in [0.15, 0.2) is 0 Å². The van der Waals surface area contributed by atoms with E-state index in [1.165, 1.54) is 18.4 Å². The molecule has 0 saturated carbocycles. The SMILES string of the molecule is CCc1cccc(C=NOC2=CCCCC2)c1. The van der Waals surface area contributed by atoms with Crippen molar-refractivity contribution in [1.82, 2.24) is 0 Å². The van der Waals surface area contributed by atoms with Gasteiger partial charge in [-0.05, 0) is 42.9 Å². The first kappa shape index (κ1) is 11.9. The third-order valence-corrected chi connectivity index (χ3v) is 2.98. The fourth-order valence-corrected chi connectivity index (χ4v) is 1.94. The first-order chi connectivity index (χ1) is 8.38. The molecule has 0 amide bonds. The van der Waals surface area contributed by atoms with Crippen LogP contribution < -0.4 is 0 Å². The van der Waals surface area contributed by atoms with E-state index in [1.807, 2.05) is 6.07 Å². The molecular formula is C15H19NO. The van der Waals surface area contributed by atoms with Crippen LogP contribution in [0, 0.1) is 0 Å². The van der Waals surface area contributed by atoms with Crippen molar-refractivity contribution in [3.05, 3.63) is 47.2 Å². The number of hydrogen-bond donors (Lipinski definition) is 0. The number of aryl methyl sites for hydroxylation is 1. The van der Waals surface area contributed by atoms with E-state index in [0.29, 0.717) is 0 Å². The van der Waals surface area contributed by atoms with Crippen molar-refractivity contribution in [3.63, 3.8) is 0 Å². The lowest BCUT2D eigenvalue weighted by Crippen LogP contribution is -1.93. The minimum Gasteiger partial charge on any atom is -0.362 e. The summed E-state index contributed by atoms with van der Waals surface area (Å²) in [4.78, 5) is 5.39. The zero-order chi connectivity index (χ0) is 11.9. The standard InChI is InChI=1S/C15H19NO/c1-2-13-7-6-8-14(11-13)12-16-17-15-9-4-3-5-10-15/h6-9,11-12H,2-5,10H2,1H3. The highest BCUT2D eigenvalue weighted by atomic mass is 16.6. The molecule has 0 atom stereocenters. The predicted molar refractivity (Wildman–Crippen MR) is 71.1 cm³/mol. The van der Waals surface area contributed by atoms with Crippen LogP contribution in [0.15, 0.2) is 41.3 Å². The number of benzene rings is 1. The molecule has 0 saturated heterocycles. The van der Waals surface area contributed by atoms with E-state index in [0.717, 1.165) is 30.6 Å². The maximum atomic E-state index is 5.39. The van der Waals surface area contributed by atoms with Gasteiger partial charge in [0.25, 0.3) is 0 Å². The van der Waals surface area contributed by atoms with Crippen molar-refractivity contribution in [2.24, 2.45) is 5.16 Å². The molecule has 0 fully saturated rings. The van der Waals surface area contributed by atoms with Gasteiger partial charge in [-0.1, -0.05) is 36.3 Å². The molecule has 0 bridgehead atoms. The van der Waals surface area contributed by atoms with Crippen molar-refractivity contribution >= 4 is 6.21 Å². The Morgan fingerprint density at radius 3 is 3.06 bits per heavy atom. The highest BCUT2D eigenvalue weighted by Crippen LogP contribution is 2.18. The number of allylic oxidation sites excluding steroid dienone is 2. The number of nitrogens with zero attached hydrogens (tertiary/aromatic N) is 1. The van der Waals surface area contributed by atoms with Gasteiger partial charge in [-0.25, -0.2) is 0 Å². The molecule has 1 aliphatic carbocycles. The first-order valence-electron chi connectivity index (χ1n) is 6.37. The lowest BCUT2D eigenvalue weighted by molar-refractivity contribution is 0.210. The molecule has 0 aromatic heterocycles. The van der Waals surface area contributed by atoms with Crippen LogP contribution in [0.3, 0.4) is 0 Å². The Morgan fingerprint density at radius 2 is 2.29 bits per heavy atom. The Bertz CT molecular complexity index is 421. The van der Waals surface area contributed by atoms with Crippen molar-refractivity contribution in [2.75, 3.05) is 0 Å². The second kappa shape index (κ2) is 6.24. The van der Waals surface area contributed by atoms with E-state index >= 15 is 0 Å². The van der Waals surface area contributed by atoms with E-state index < -0.39 is 0 Å². The van der Waals surface area contributed by atoms with Crippen molar-refractivity contribution in [1.29, 1.82) is 0 Å². The summed E-state index contributed by atoms with van der Waals surface area (Å²) < 4.78 is 0. The van der Waals surface area contributed by atoms with Gasteiger partial charge in [0.05, 0.1) is 6.21 Å². The van der Waals surface area contributed by atoms with E-state index in [2.05, 4.69) is 36.4 Å². The highest BCUT2D eigenvalue weighted by Gasteiger charge is 2.03. The summed E-state index contributed by atoms with van der Waals surface area (Å²) in [5, 5.41) is 4.05. The summed E-state index contributed by atoms with van der Waals surface area (Å²) >= 11 is 0. The lowest BCUT2D eigenvalue weighted by Gasteiger charge is -2.09. The molecule has 17 heavy (non-hydrogen) atoms. The molecule has 90 valence electrons. The number of rotatable bonds is 4. The maximum Gasteiger partial charge on any atom is 0.131 e. The highest BCUT2D eigenvalue weighted by molar-refractivity contribution is 5.79. The minimum atomic E-state index is 1.01. The van der Waals surface area contributed by atoms with Crippen LogP contribution in [0.2, 0.25) is 0 Å². The van der Waals surface area contributed by atoms with Gasteiger partial charge in [-0.2, -0.15) is 0 Å². The molecule has 0 radical (unpaired) electrons. The van der Waals surface area contributed by atoms with Crippen LogP contribution in [0.1, 0.15) is 43.7 Å². The van der Waals surface area contributed by atoms with Crippen molar-refractivity contribution in [3.8, 4) is 0 Å². The molecule has 1 aliphatic rings. The Hall–Kier alpha value is -1.57. The van der Waals surface area contributed by atoms with Gasteiger partial charge < -0.3 is 4.84 Å². The minimum absolute atomic E-state index is 1.01. The quantitative estimate of drug-likeness (QED) is 0.563. The van der Waals surface area contributed by atoms with E-state index in [9.17, 15) is 0 Å². The van der Waals surface area contributed by atoms with Gasteiger partial charge in [-0.15, -0.1) is 0 Å². The largest absolute Gasteiger partial charge is 0.362 e. The van der Waals surface area contributed by atoms with E-state index in [1.54, 1.807) is 6.21 Å². The zero-order valence-corrected chi connectivity index (χ0v) is 10.4. The van der Waals surface area contributed by atoms with E-state index in [4.69, 9.17) is 4.84 Å². The van der Waals surface area contributed by atoms with Gasteiger partial charge in [0, 0.05) is 6.42 Å². The number of oxime groups is 1. The fraction of sp³-hybridized carbons (Fsp3) is 0.400. The second-order valence-corrected chi connectivity index (χ2v) is 4.34. The van der Waals surface area contributed by atoms with Crippen LogP contribution in [0.5, 0.6) is 0 Å². The average molecular weight is 229 g/mol. The molecule has 0 unspecified atom stereocenters. The second-order valence-electron chi connectivity index (χ2n) is 4.34. The van der Waals surface area contributed by atoms with Gasteiger partial charge in [-0.3, -0.25) is 0 Å². The lowest BCUT2D eigenvalue weighted by atomic mass is 10.1. The molecule has 0 heterocycles. The molecule has 0 aliphatic heterocycles. The Labute approximate surface area is 103 Å². The molecular weight excluding hydrogens is 210 g/mol. The third kappa shape index (κ3) is 3.74. The summed E-state index contributed by atoms with van der Waals surface area (Å²) in [7, 11) is 0. The van der Waals surface area contributed by atoms with Crippen molar-refractivity contribution in [2.45, 2.75) is 39.0 Å². The molecule has 1 aromatic carbocycles. The normalized spacial score (nSPS) is 15.9. The molecule has 2 rings (SSSR count). The molecule has 0 N–H and O–H groups in total. The topological polar surface area (TPSA) is 21.6 Å². The summed E-state index contributed by atoms with van der Waals surface area (Å²) in [6, 6.07) is 8.37. The molecule has 2 heteroatoms. The van der Waals surface area contributed by atoms with Crippen LogP contribution in [-0.4, -0.2) is 6.21 Å². The molecule has 2 nitrogen and oxygen atoms in total. The van der Waals surface area contributed by atoms with Gasteiger partial charge >= 0.3 is 0 Å². The maximum absolute atomic E-state index is 5.39. The van der Waals surface area contributed by atoms with E-state index in [-0.39, 0.29) is 0 Å². The van der Waals surface area contributed by atoms with Crippen LogP contribution in [0.25, 0.3) is 0 Å². The third-order valence-electron chi connectivity index (χ3n) is 2.98. The average Bonchev–Trinajstić information content (AvgIpc) is 2.40. The van der Waals surface area contributed by atoms with Crippen LogP contribution >= 0.6 is 0 Å². The van der Waals surface area contributed by atoms with Crippen LogP contribution in [-0.2, 0) is 11.3 Å².